The molecule has 0 unspecified atom stereocenters. The molecule has 1 aliphatic carbocycles. The molecule has 2 aliphatic rings. The highest BCUT2D eigenvalue weighted by Crippen LogP contribution is 2.45. The summed E-state index contributed by atoms with van der Waals surface area (Å²) < 4.78 is 12.8. The van der Waals surface area contributed by atoms with Crippen molar-refractivity contribution in [2.24, 2.45) is 18.4 Å². The standard InChI is InChI=1S/C25H35N3O4/c1-7-32-24(30)21-15(2)27(5)18-8-9-19(31-6)23(22(18)21)26-20(29)14-28-13-16-10-17(28)12-25(3,4)11-16/h8-9,16-17H,7,10-14H2,1-6H3,(H,26,29)/t16-,17-/m0/s1. The van der Waals surface area contributed by atoms with Crippen molar-refractivity contribution in [2.75, 3.05) is 32.1 Å². The minimum absolute atomic E-state index is 0.0857. The third kappa shape index (κ3) is 3.98. The highest BCUT2D eigenvalue weighted by atomic mass is 16.5. The molecule has 7 heteroatoms. The fraction of sp³-hybridized carbons (Fsp3) is 0.600. The number of esters is 1. The van der Waals surface area contributed by atoms with E-state index in [0.29, 0.717) is 46.3 Å². The van der Waals surface area contributed by atoms with Crippen LogP contribution in [0.2, 0.25) is 0 Å². The van der Waals surface area contributed by atoms with Gasteiger partial charge in [0.05, 0.1) is 37.0 Å². The van der Waals surface area contributed by atoms with Gasteiger partial charge in [0.2, 0.25) is 5.91 Å². The summed E-state index contributed by atoms with van der Waals surface area (Å²) in [5.41, 5.74) is 2.98. The number of amides is 1. The second-order valence-corrected chi connectivity index (χ2v) is 10.1. The van der Waals surface area contributed by atoms with Crippen molar-refractivity contribution in [3.8, 4) is 5.75 Å². The summed E-state index contributed by atoms with van der Waals surface area (Å²) in [6.07, 6.45) is 3.53. The molecule has 2 aromatic rings. The van der Waals surface area contributed by atoms with Crippen LogP contribution in [0.4, 0.5) is 5.69 Å². The highest BCUT2D eigenvalue weighted by molar-refractivity contribution is 6.14. The lowest BCUT2D eigenvalue weighted by atomic mass is 9.72. The Balaban J connectivity index is 1.65. The molecule has 0 radical (unpaired) electrons. The van der Waals surface area contributed by atoms with E-state index in [0.717, 1.165) is 24.2 Å². The molecule has 1 N–H and O–H groups in total. The number of rotatable bonds is 6. The first-order chi connectivity index (χ1) is 15.1. The normalized spacial score (nSPS) is 22.2. The van der Waals surface area contributed by atoms with Crippen molar-refractivity contribution in [1.29, 1.82) is 0 Å². The minimum Gasteiger partial charge on any atom is -0.495 e. The Morgan fingerprint density at radius 1 is 1.25 bits per heavy atom. The van der Waals surface area contributed by atoms with Crippen molar-refractivity contribution in [3.63, 3.8) is 0 Å². The number of carbonyl (C=O) groups is 2. The number of ether oxygens (including phenoxy) is 2. The minimum atomic E-state index is -0.394. The Morgan fingerprint density at radius 2 is 2.00 bits per heavy atom. The molecule has 1 amide bonds. The molecule has 1 aromatic carbocycles. The van der Waals surface area contributed by atoms with E-state index in [1.165, 1.54) is 12.8 Å². The lowest BCUT2D eigenvalue weighted by Crippen LogP contribution is -2.38. The molecular formula is C25H35N3O4. The van der Waals surface area contributed by atoms with E-state index < -0.39 is 5.97 Å². The van der Waals surface area contributed by atoms with Gasteiger partial charge in [0.25, 0.3) is 0 Å². The van der Waals surface area contributed by atoms with Gasteiger partial charge in [-0.2, -0.15) is 0 Å². The predicted octanol–water partition coefficient (Wildman–Crippen LogP) is 4.12. The number of anilines is 1. The van der Waals surface area contributed by atoms with E-state index in [4.69, 9.17) is 9.47 Å². The van der Waals surface area contributed by atoms with Crippen LogP contribution in [0.5, 0.6) is 5.75 Å². The first-order valence-corrected chi connectivity index (χ1v) is 11.5. The monoisotopic (exact) mass is 441 g/mol. The summed E-state index contributed by atoms with van der Waals surface area (Å²) in [7, 11) is 3.48. The fourth-order valence-electron chi connectivity index (χ4n) is 5.89. The number of nitrogens with one attached hydrogen (secondary N) is 1. The number of aromatic nitrogens is 1. The number of methoxy groups -OCH3 is 1. The SMILES string of the molecule is CCOC(=O)c1c(C)n(C)c2ccc(OC)c(NC(=O)CN3C[C@H]4C[C@H]3CC(C)(C)C4)c12. The van der Waals surface area contributed by atoms with E-state index in [1.54, 1.807) is 14.0 Å². The first-order valence-electron chi connectivity index (χ1n) is 11.5. The van der Waals surface area contributed by atoms with Crippen LogP contribution >= 0.6 is 0 Å². The van der Waals surface area contributed by atoms with Crippen LogP contribution < -0.4 is 10.1 Å². The third-order valence-corrected chi connectivity index (χ3v) is 7.18. The summed E-state index contributed by atoms with van der Waals surface area (Å²) in [5, 5.41) is 3.75. The topological polar surface area (TPSA) is 72.8 Å². The Bertz CT molecular complexity index is 1060. The molecule has 174 valence electrons. The predicted molar refractivity (Wildman–Crippen MR) is 125 cm³/mol. The average molecular weight is 442 g/mol. The fourth-order valence-corrected chi connectivity index (χ4v) is 5.89. The summed E-state index contributed by atoms with van der Waals surface area (Å²) in [5.74, 6) is 0.720. The van der Waals surface area contributed by atoms with E-state index in [2.05, 4.69) is 24.1 Å². The zero-order chi connectivity index (χ0) is 23.2. The second-order valence-electron chi connectivity index (χ2n) is 10.1. The highest BCUT2D eigenvalue weighted by Gasteiger charge is 2.43. The van der Waals surface area contributed by atoms with E-state index in [9.17, 15) is 9.59 Å². The van der Waals surface area contributed by atoms with Gasteiger partial charge in [0.1, 0.15) is 5.75 Å². The molecule has 1 aliphatic heterocycles. The maximum absolute atomic E-state index is 13.2. The smallest absolute Gasteiger partial charge is 0.340 e. The van der Waals surface area contributed by atoms with Gasteiger partial charge in [-0.25, -0.2) is 4.79 Å². The Kier molecular flexibility index (Phi) is 5.96. The zero-order valence-electron chi connectivity index (χ0n) is 20.1. The Hall–Kier alpha value is -2.54. The molecule has 1 aromatic heterocycles. The maximum Gasteiger partial charge on any atom is 0.340 e. The number of hydrogen-bond donors (Lipinski definition) is 1. The van der Waals surface area contributed by atoms with Gasteiger partial charge in [0.15, 0.2) is 0 Å². The summed E-state index contributed by atoms with van der Waals surface area (Å²) in [4.78, 5) is 28.3. The Labute approximate surface area is 190 Å². The van der Waals surface area contributed by atoms with Gasteiger partial charge in [-0.05, 0) is 56.6 Å². The molecule has 7 nitrogen and oxygen atoms in total. The molecule has 2 fully saturated rings. The molecule has 2 atom stereocenters. The number of nitrogens with zero attached hydrogens (tertiary/aromatic N) is 2. The second kappa shape index (κ2) is 8.43. The Morgan fingerprint density at radius 3 is 2.69 bits per heavy atom. The van der Waals surface area contributed by atoms with Gasteiger partial charge in [-0.15, -0.1) is 0 Å². The van der Waals surface area contributed by atoms with Crippen LogP contribution in [-0.2, 0) is 16.6 Å². The molecule has 2 heterocycles. The van der Waals surface area contributed by atoms with Crippen molar-refractivity contribution >= 4 is 28.5 Å². The van der Waals surface area contributed by atoms with Crippen molar-refractivity contribution in [3.05, 3.63) is 23.4 Å². The molecule has 4 rings (SSSR count). The lowest BCUT2D eigenvalue weighted by molar-refractivity contribution is -0.117. The van der Waals surface area contributed by atoms with E-state index in [-0.39, 0.29) is 12.5 Å². The maximum atomic E-state index is 13.2. The summed E-state index contributed by atoms with van der Waals surface area (Å²) in [6.45, 7) is 9.94. The van der Waals surface area contributed by atoms with Crippen LogP contribution in [-0.4, -0.2) is 54.2 Å². The van der Waals surface area contributed by atoms with Crippen LogP contribution in [0.1, 0.15) is 56.1 Å². The molecule has 2 bridgehead atoms. The van der Waals surface area contributed by atoms with Crippen molar-refractivity contribution in [2.45, 2.75) is 53.0 Å². The largest absolute Gasteiger partial charge is 0.495 e. The van der Waals surface area contributed by atoms with Crippen molar-refractivity contribution < 1.29 is 19.1 Å². The van der Waals surface area contributed by atoms with Crippen LogP contribution in [0.15, 0.2) is 12.1 Å². The van der Waals surface area contributed by atoms with Crippen LogP contribution in [0.3, 0.4) is 0 Å². The van der Waals surface area contributed by atoms with Gasteiger partial charge < -0.3 is 19.4 Å². The molecule has 32 heavy (non-hydrogen) atoms. The van der Waals surface area contributed by atoms with Gasteiger partial charge in [-0.1, -0.05) is 13.8 Å². The van der Waals surface area contributed by atoms with Crippen LogP contribution in [0.25, 0.3) is 10.9 Å². The average Bonchev–Trinajstić information content (AvgIpc) is 3.15. The number of benzene rings is 1. The van der Waals surface area contributed by atoms with Gasteiger partial charge in [0, 0.05) is 30.7 Å². The van der Waals surface area contributed by atoms with E-state index in [1.807, 2.05) is 30.7 Å². The quantitative estimate of drug-likeness (QED) is 0.683. The van der Waals surface area contributed by atoms with Crippen molar-refractivity contribution in [1.82, 2.24) is 9.47 Å². The van der Waals surface area contributed by atoms with Crippen LogP contribution in [0, 0.1) is 18.3 Å². The molecular weight excluding hydrogens is 406 g/mol. The summed E-state index contributed by atoms with van der Waals surface area (Å²) in [6, 6.07) is 4.20. The molecule has 1 saturated heterocycles. The number of fused-ring (bicyclic) bond motifs is 3. The van der Waals surface area contributed by atoms with Gasteiger partial charge in [-0.3, -0.25) is 9.69 Å². The molecule has 1 saturated carbocycles. The number of carbonyl (C=O) groups excluding carboxylic acids is 2. The number of hydrogen-bond acceptors (Lipinski definition) is 5. The third-order valence-electron chi connectivity index (χ3n) is 7.18. The number of likely N-dealkylation sites (tertiary alicyclic amines) is 1. The lowest BCUT2D eigenvalue weighted by Gasteiger charge is -2.35. The summed E-state index contributed by atoms with van der Waals surface area (Å²) >= 11 is 0. The number of aryl methyl sites for hydroxylation is 1. The first kappa shape index (κ1) is 22.6. The molecule has 0 spiro atoms. The van der Waals surface area contributed by atoms with E-state index >= 15 is 0 Å². The van der Waals surface area contributed by atoms with Gasteiger partial charge >= 0.3 is 5.97 Å². The zero-order valence-corrected chi connectivity index (χ0v) is 20.1.